The van der Waals surface area contributed by atoms with Crippen LogP contribution in [0.5, 0.6) is 0 Å². The number of amides is 2. The Balaban J connectivity index is 1.58. The van der Waals surface area contributed by atoms with Crippen molar-refractivity contribution in [3.8, 4) is 0 Å². The molecule has 57 heavy (non-hydrogen) atoms. The van der Waals surface area contributed by atoms with E-state index in [0.29, 0.717) is 50.1 Å². The standard InChI is InChI=1S/C44H64N2O10S/c1-41(2,3)53-37(47)35(31-19-21-45(27-31)39(49)55-43(7,8)9)25-29-15-13-17-33(23-29)57(51,52)34-18-14-16-30(24-34)26-36(38(48)54-42(4,5)6)32-20-22-46(28-32)40(50)56-44(10,11)12/h13-18,23-24,31-32,35-36H,19-22,25-28H2,1-12H3/t31-,32-,35?,36?/m0/s1. The first-order valence-electron chi connectivity index (χ1n) is 19.9. The first-order valence-corrected chi connectivity index (χ1v) is 21.4. The van der Waals surface area contributed by atoms with Crippen molar-refractivity contribution in [3.63, 3.8) is 0 Å². The number of hydrogen-bond donors (Lipinski definition) is 0. The van der Waals surface area contributed by atoms with E-state index in [1.165, 1.54) is 12.1 Å². The van der Waals surface area contributed by atoms with E-state index in [9.17, 15) is 27.6 Å². The van der Waals surface area contributed by atoms with Gasteiger partial charge in [-0.15, -0.1) is 0 Å². The summed E-state index contributed by atoms with van der Waals surface area (Å²) in [5, 5.41) is 0. The fourth-order valence-corrected chi connectivity index (χ4v) is 8.58. The summed E-state index contributed by atoms with van der Waals surface area (Å²) < 4.78 is 51.3. The maximum absolute atomic E-state index is 14.2. The molecule has 0 spiro atoms. The van der Waals surface area contributed by atoms with Crippen LogP contribution < -0.4 is 0 Å². The molecule has 0 aliphatic carbocycles. The van der Waals surface area contributed by atoms with Crippen molar-refractivity contribution in [3.05, 3.63) is 59.7 Å². The molecule has 2 heterocycles. The molecular weight excluding hydrogens is 749 g/mol. The number of ether oxygens (including phenoxy) is 4. The zero-order chi connectivity index (χ0) is 42.7. The van der Waals surface area contributed by atoms with Crippen LogP contribution in [0.25, 0.3) is 0 Å². The number of nitrogens with zero attached hydrogens (tertiary/aromatic N) is 2. The van der Waals surface area contributed by atoms with Gasteiger partial charge >= 0.3 is 24.1 Å². The summed E-state index contributed by atoms with van der Waals surface area (Å²) in [6.07, 6.45) is 0.684. The lowest BCUT2D eigenvalue weighted by Gasteiger charge is -2.28. The number of esters is 2. The van der Waals surface area contributed by atoms with Gasteiger partial charge in [0, 0.05) is 26.2 Å². The lowest BCUT2D eigenvalue weighted by atomic mass is 9.86. The molecular formula is C44H64N2O10S. The molecule has 4 rings (SSSR count). The smallest absolute Gasteiger partial charge is 0.410 e. The largest absolute Gasteiger partial charge is 0.460 e. The fourth-order valence-electron chi connectivity index (χ4n) is 7.18. The molecule has 0 bridgehead atoms. The van der Waals surface area contributed by atoms with Gasteiger partial charge in [-0.2, -0.15) is 0 Å². The molecule has 2 aliphatic heterocycles. The number of carbonyl (C=O) groups excluding carboxylic acids is 4. The molecule has 2 aliphatic rings. The van der Waals surface area contributed by atoms with Crippen molar-refractivity contribution in [2.24, 2.45) is 23.7 Å². The van der Waals surface area contributed by atoms with Crippen LogP contribution in [-0.2, 0) is 51.2 Å². The molecule has 2 saturated heterocycles. The van der Waals surface area contributed by atoms with E-state index in [-0.39, 0.29) is 34.5 Å². The van der Waals surface area contributed by atoms with E-state index in [4.69, 9.17) is 18.9 Å². The second-order valence-electron chi connectivity index (χ2n) is 19.4. The summed E-state index contributed by atoms with van der Waals surface area (Å²) in [4.78, 5) is 56.4. The molecule has 2 fully saturated rings. The lowest BCUT2D eigenvalue weighted by molar-refractivity contribution is -0.163. The zero-order valence-electron chi connectivity index (χ0n) is 36.0. The van der Waals surface area contributed by atoms with Gasteiger partial charge in [-0.1, -0.05) is 24.3 Å². The molecule has 2 amide bonds. The van der Waals surface area contributed by atoms with E-state index in [1.807, 2.05) is 0 Å². The Morgan fingerprint density at radius 3 is 1.23 bits per heavy atom. The first kappa shape index (κ1) is 45.6. The predicted octanol–water partition coefficient (Wildman–Crippen LogP) is 8.03. The maximum Gasteiger partial charge on any atom is 0.410 e. The minimum Gasteiger partial charge on any atom is -0.460 e. The topological polar surface area (TPSA) is 146 Å². The van der Waals surface area contributed by atoms with Crippen molar-refractivity contribution in [2.75, 3.05) is 26.2 Å². The van der Waals surface area contributed by atoms with E-state index >= 15 is 0 Å². The highest BCUT2D eigenvalue weighted by Gasteiger charge is 2.41. The van der Waals surface area contributed by atoms with Crippen LogP contribution in [0.2, 0.25) is 0 Å². The maximum atomic E-state index is 14.2. The Morgan fingerprint density at radius 2 is 0.912 bits per heavy atom. The summed E-state index contributed by atoms with van der Waals surface area (Å²) in [7, 11) is -4.04. The van der Waals surface area contributed by atoms with E-state index in [1.54, 1.807) is 129 Å². The second-order valence-corrected chi connectivity index (χ2v) is 21.4. The molecule has 4 atom stereocenters. The average Bonchev–Trinajstić information content (AvgIpc) is 3.74. The molecule has 2 aromatic rings. The van der Waals surface area contributed by atoms with Gasteiger partial charge in [-0.3, -0.25) is 9.59 Å². The number of rotatable bonds is 10. The second kappa shape index (κ2) is 17.4. The Bertz CT molecular complexity index is 1750. The third-order valence-corrected chi connectivity index (χ3v) is 11.4. The van der Waals surface area contributed by atoms with Crippen LogP contribution in [0, 0.1) is 23.7 Å². The van der Waals surface area contributed by atoms with E-state index < -0.39 is 68.2 Å². The highest BCUT2D eigenvalue weighted by Crippen LogP contribution is 2.34. The molecule has 0 saturated carbocycles. The summed E-state index contributed by atoms with van der Waals surface area (Å²) in [6.45, 7) is 23.1. The summed E-state index contributed by atoms with van der Waals surface area (Å²) >= 11 is 0. The predicted molar refractivity (Wildman–Crippen MR) is 216 cm³/mol. The number of benzene rings is 2. The van der Waals surface area contributed by atoms with Crippen molar-refractivity contribution in [2.45, 2.75) is 141 Å². The monoisotopic (exact) mass is 812 g/mol. The summed E-state index contributed by atoms with van der Waals surface area (Å²) in [5.74, 6) is -2.53. The fraction of sp³-hybridized carbons (Fsp3) is 0.636. The lowest BCUT2D eigenvalue weighted by Crippen LogP contribution is -2.38. The molecule has 2 unspecified atom stereocenters. The van der Waals surface area contributed by atoms with Crippen molar-refractivity contribution in [1.29, 1.82) is 0 Å². The van der Waals surface area contributed by atoms with Crippen LogP contribution >= 0.6 is 0 Å². The number of hydrogen-bond acceptors (Lipinski definition) is 10. The Morgan fingerprint density at radius 1 is 0.579 bits per heavy atom. The van der Waals surface area contributed by atoms with E-state index in [2.05, 4.69) is 0 Å². The average molecular weight is 813 g/mol. The van der Waals surface area contributed by atoms with Gasteiger partial charge in [0.1, 0.15) is 22.4 Å². The molecule has 0 aromatic heterocycles. The number of likely N-dealkylation sites (tertiary alicyclic amines) is 2. The Hall–Kier alpha value is -4.13. The van der Waals surface area contributed by atoms with E-state index in [0.717, 1.165) is 0 Å². The zero-order valence-corrected chi connectivity index (χ0v) is 36.8. The third-order valence-electron chi connectivity index (χ3n) is 9.64. The molecule has 0 radical (unpaired) electrons. The highest BCUT2D eigenvalue weighted by molar-refractivity contribution is 7.91. The van der Waals surface area contributed by atoms with Crippen molar-refractivity contribution < 1.29 is 46.5 Å². The van der Waals surface area contributed by atoms with Crippen LogP contribution in [0.4, 0.5) is 9.59 Å². The van der Waals surface area contributed by atoms with Crippen LogP contribution in [0.15, 0.2) is 58.3 Å². The number of carbonyl (C=O) groups is 4. The van der Waals surface area contributed by atoms with Gasteiger partial charge in [-0.05, 0) is 156 Å². The Labute approximate surface area is 339 Å². The number of sulfone groups is 1. The van der Waals surface area contributed by atoms with Crippen LogP contribution in [0.1, 0.15) is 107 Å². The van der Waals surface area contributed by atoms with Gasteiger partial charge in [0.25, 0.3) is 0 Å². The van der Waals surface area contributed by atoms with Gasteiger partial charge in [0.2, 0.25) is 9.84 Å². The minimum atomic E-state index is -4.04. The molecule has 2 aromatic carbocycles. The quantitative estimate of drug-likeness (QED) is 0.171. The van der Waals surface area contributed by atoms with Gasteiger partial charge < -0.3 is 28.7 Å². The van der Waals surface area contributed by atoms with Gasteiger partial charge in [0.15, 0.2) is 0 Å². The highest BCUT2D eigenvalue weighted by atomic mass is 32.2. The normalized spacial score (nSPS) is 19.2. The third kappa shape index (κ3) is 13.5. The SMILES string of the molecule is CC(C)(C)OC(=O)C(Cc1cccc(S(=O)(=O)c2cccc(CC(C(=O)OC(C)(C)C)[C@H]3CCN(C(=O)OC(C)(C)C)C3)c2)c1)[C@H]1CCN(C(=O)OC(C)(C)C)C1. The van der Waals surface area contributed by atoms with Crippen LogP contribution in [-0.4, -0.2) is 90.9 Å². The minimum absolute atomic E-state index is 0.0642. The van der Waals surface area contributed by atoms with Gasteiger partial charge in [0.05, 0.1) is 21.6 Å². The van der Waals surface area contributed by atoms with Gasteiger partial charge in [-0.25, -0.2) is 18.0 Å². The summed E-state index contributed by atoms with van der Waals surface area (Å²) in [5.41, 5.74) is -1.53. The Kier molecular flexibility index (Phi) is 13.9. The summed E-state index contributed by atoms with van der Waals surface area (Å²) in [6, 6.07) is 13.1. The molecule has 0 N–H and O–H groups in total. The van der Waals surface area contributed by atoms with Crippen molar-refractivity contribution in [1.82, 2.24) is 9.80 Å². The first-order chi connectivity index (χ1) is 26.1. The van der Waals surface area contributed by atoms with Crippen LogP contribution in [0.3, 0.4) is 0 Å². The van der Waals surface area contributed by atoms with Crippen molar-refractivity contribution >= 4 is 34.0 Å². The molecule has 316 valence electrons. The molecule has 13 heteroatoms. The molecule has 12 nitrogen and oxygen atoms in total.